The summed E-state index contributed by atoms with van der Waals surface area (Å²) in [6, 6.07) is 9.65. The highest BCUT2D eigenvalue weighted by atomic mass is 35.5. The van der Waals surface area contributed by atoms with Crippen LogP contribution in [0.4, 0.5) is 16.2 Å². The van der Waals surface area contributed by atoms with Gasteiger partial charge in [0.25, 0.3) is 0 Å². The molecule has 2 rings (SSSR count). The van der Waals surface area contributed by atoms with E-state index < -0.39 is 11.0 Å². The predicted molar refractivity (Wildman–Crippen MR) is 113 cm³/mol. The van der Waals surface area contributed by atoms with Crippen LogP contribution in [0.1, 0.15) is 45.2 Å². The second kappa shape index (κ2) is 8.61. The lowest BCUT2D eigenvalue weighted by atomic mass is 9.99. The lowest BCUT2D eigenvalue weighted by Crippen LogP contribution is -2.37. The van der Waals surface area contributed by atoms with Crippen molar-refractivity contribution in [1.82, 2.24) is 0 Å². The molecule has 0 aliphatic heterocycles. The summed E-state index contributed by atoms with van der Waals surface area (Å²) >= 11 is 6.33. The number of phenolic OH excluding ortho intramolecular Hbond substituents is 2. The summed E-state index contributed by atoms with van der Waals surface area (Å²) in [4.78, 5) is 12.2. The Labute approximate surface area is 170 Å². The van der Waals surface area contributed by atoms with E-state index in [9.17, 15) is 20.1 Å². The first-order chi connectivity index (χ1) is 13.0. The molecule has 0 bridgehead atoms. The molecule has 2 aromatic carbocycles. The van der Waals surface area contributed by atoms with Crippen molar-refractivity contribution in [2.24, 2.45) is 0 Å². The number of nitrogens with one attached hydrogen (secondary N) is 1. The van der Waals surface area contributed by atoms with Crippen LogP contribution in [0.2, 0.25) is 0 Å². The van der Waals surface area contributed by atoms with E-state index in [0.717, 1.165) is 11.1 Å². The number of rotatable bonds is 7. The van der Waals surface area contributed by atoms with Crippen LogP contribution in [0, 0.1) is 0 Å². The summed E-state index contributed by atoms with van der Waals surface area (Å²) in [5, 5.41) is 32.8. The maximum atomic E-state index is 11.5. The number of amides is 1. The fraction of sp³-hybridized carbons (Fsp3) is 0.381. The van der Waals surface area contributed by atoms with Gasteiger partial charge in [0.1, 0.15) is 11.5 Å². The Kier molecular flexibility index (Phi) is 6.67. The van der Waals surface area contributed by atoms with Gasteiger partial charge in [-0.05, 0) is 62.6 Å². The number of carbonyl (C=O) groups is 1. The van der Waals surface area contributed by atoms with Crippen LogP contribution in [0.15, 0.2) is 36.4 Å². The quantitative estimate of drug-likeness (QED) is 0.361. The number of nitrogens with zero attached hydrogens (tertiary/aromatic N) is 1. The average molecular weight is 407 g/mol. The van der Waals surface area contributed by atoms with Gasteiger partial charge in [0.05, 0.1) is 16.2 Å². The molecule has 0 aliphatic rings. The highest BCUT2D eigenvalue weighted by Gasteiger charge is 2.21. The molecule has 0 fully saturated rings. The Morgan fingerprint density at radius 3 is 2.43 bits per heavy atom. The molecule has 0 spiro atoms. The first-order valence-corrected chi connectivity index (χ1v) is 9.52. The van der Waals surface area contributed by atoms with Crippen molar-refractivity contribution >= 4 is 29.1 Å². The first-order valence-electron chi connectivity index (χ1n) is 9.14. The van der Waals surface area contributed by atoms with Crippen LogP contribution < -0.4 is 10.2 Å². The summed E-state index contributed by atoms with van der Waals surface area (Å²) < 4.78 is 0. The van der Waals surface area contributed by atoms with E-state index in [1.807, 2.05) is 33.8 Å². The molecule has 0 heterocycles. The highest BCUT2D eigenvalue weighted by Crippen LogP contribution is 2.33. The molecule has 28 heavy (non-hydrogen) atoms. The maximum Gasteiger partial charge on any atom is 0.412 e. The topological polar surface area (TPSA) is 93.0 Å². The normalized spacial score (nSPS) is 12.5. The van der Waals surface area contributed by atoms with Crippen LogP contribution in [0.25, 0.3) is 0 Å². The number of hydrogen-bond acceptors (Lipinski definition) is 4. The van der Waals surface area contributed by atoms with Crippen LogP contribution in [0.5, 0.6) is 11.5 Å². The van der Waals surface area contributed by atoms with Crippen molar-refractivity contribution in [3.63, 3.8) is 0 Å². The zero-order chi connectivity index (χ0) is 21.1. The summed E-state index contributed by atoms with van der Waals surface area (Å²) in [5.74, 6) is 0.0679. The molecule has 6 nitrogen and oxygen atoms in total. The summed E-state index contributed by atoms with van der Waals surface area (Å²) in [6.45, 7) is 7.76. The standard InChI is InChI=1S/C21H27ClN2O4/c1-5-13(2)24(20(27)28)16-6-7-18(19(26)11-16)23-12-14-8-15(21(3,4)22)10-17(25)9-14/h6-11,13,23,25-26H,5,12H2,1-4H3,(H,27,28)/t13-/m0/s1. The Morgan fingerprint density at radius 2 is 1.89 bits per heavy atom. The number of halogens is 1. The second-order valence-corrected chi connectivity index (χ2v) is 8.27. The number of alkyl halides is 1. The smallest absolute Gasteiger partial charge is 0.412 e. The number of carboxylic acid groups (broad SMARTS) is 1. The van der Waals surface area contributed by atoms with Crippen LogP contribution in [-0.4, -0.2) is 27.5 Å². The first kappa shape index (κ1) is 21.7. The van der Waals surface area contributed by atoms with Gasteiger partial charge in [0.2, 0.25) is 0 Å². The van der Waals surface area contributed by atoms with Crippen molar-refractivity contribution in [2.75, 3.05) is 10.2 Å². The molecule has 0 saturated carbocycles. The lowest BCUT2D eigenvalue weighted by Gasteiger charge is -2.26. The molecule has 2 aromatic rings. The fourth-order valence-electron chi connectivity index (χ4n) is 2.87. The van der Waals surface area contributed by atoms with Gasteiger partial charge in [0.15, 0.2) is 0 Å². The van der Waals surface area contributed by atoms with E-state index in [0.29, 0.717) is 24.3 Å². The molecule has 152 valence electrons. The Morgan fingerprint density at radius 1 is 1.21 bits per heavy atom. The average Bonchev–Trinajstić information content (AvgIpc) is 2.59. The summed E-state index contributed by atoms with van der Waals surface area (Å²) in [6.07, 6.45) is -0.408. The van der Waals surface area contributed by atoms with Crippen LogP contribution >= 0.6 is 11.6 Å². The van der Waals surface area contributed by atoms with Gasteiger partial charge in [0, 0.05) is 18.7 Å². The minimum Gasteiger partial charge on any atom is -0.508 e. The Bertz CT molecular complexity index is 849. The molecule has 0 aromatic heterocycles. The molecule has 0 aliphatic carbocycles. The van der Waals surface area contributed by atoms with Crippen LogP contribution in [0.3, 0.4) is 0 Å². The van der Waals surface area contributed by atoms with E-state index in [4.69, 9.17) is 11.6 Å². The summed E-state index contributed by atoms with van der Waals surface area (Å²) in [5.41, 5.74) is 2.47. The highest BCUT2D eigenvalue weighted by molar-refractivity contribution is 6.23. The van der Waals surface area contributed by atoms with Gasteiger partial charge in [-0.1, -0.05) is 13.0 Å². The number of anilines is 2. The maximum absolute atomic E-state index is 11.5. The molecule has 4 N–H and O–H groups in total. The molecular formula is C21H27ClN2O4. The van der Waals surface area contributed by atoms with Gasteiger partial charge in [-0.15, -0.1) is 11.6 Å². The molecular weight excluding hydrogens is 380 g/mol. The molecule has 7 heteroatoms. The zero-order valence-electron chi connectivity index (χ0n) is 16.5. The van der Waals surface area contributed by atoms with E-state index in [-0.39, 0.29) is 17.5 Å². The number of phenols is 2. The van der Waals surface area contributed by atoms with E-state index in [1.165, 1.54) is 11.0 Å². The molecule has 0 saturated heterocycles. The zero-order valence-corrected chi connectivity index (χ0v) is 17.3. The second-order valence-electron chi connectivity index (χ2n) is 7.33. The van der Waals surface area contributed by atoms with Gasteiger partial charge in [-0.3, -0.25) is 4.90 Å². The van der Waals surface area contributed by atoms with Crippen molar-refractivity contribution in [2.45, 2.75) is 51.6 Å². The van der Waals surface area contributed by atoms with Gasteiger partial charge >= 0.3 is 6.09 Å². The Hall–Kier alpha value is -2.60. The third-order valence-corrected chi connectivity index (χ3v) is 4.86. The van der Waals surface area contributed by atoms with Gasteiger partial charge < -0.3 is 20.6 Å². The van der Waals surface area contributed by atoms with E-state index >= 15 is 0 Å². The predicted octanol–water partition coefficient (Wildman–Crippen LogP) is 5.47. The number of benzene rings is 2. The van der Waals surface area contributed by atoms with Crippen LogP contribution in [-0.2, 0) is 11.4 Å². The number of hydrogen-bond donors (Lipinski definition) is 4. The van der Waals surface area contributed by atoms with E-state index in [1.54, 1.807) is 24.3 Å². The third-order valence-electron chi connectivity index (χ3n) is 4.64. The minimum absolute atomic E-state index is 0.0508. The van der Waals surface area contributed by atoms with Crippen molar-refractivity contribution in [3.8, 4) is 11.5 Å². The fourth-order valence-corrected chi connectivity index (χ4v) is 2.98. The van der Waals surface area contributed by atoms with Gasteiger partial charge in [-0.2, -0.15) is 0 Å². The Balaban J connectivity index is 2.20. The van der Waals surface area contributed by atoms with Crippen molar-refractivity contribution in [1.29, 1.82) is 0 Å². The monoisotopic (exact) mass is 406 g/mol. The van der Waals surface area contributed by atoms with Gasteiger partial charge in [-0.25, -0.2) is 4.79 Å². The molecule has 1 atom stereocenters. The number of aromatic hydroxyl groups is 2. The van der Waals surface area contributed by atoms with Crippen molar-refractivity contribution in [3.05, 3.63) is 47.5 Å². The van der Waals surface area contributed by atoms with Crippen molar-refractivity contribution < 1.29 is 20.1 Å². The SMILES string of the molecule is CC[C@H](C)N(C(=O)O)c1ccc(NCc2cc(O)cc(C(C)(C)Cl)c2)c(O)c1. The minimum atomic E-state index is -1.06. The molecule has 0 radical (unpaired) electrons. The molecule has 0 unspecified atom stereocenters. The largest absolute Gasteiger partial charge is 0.508 e. The van der Waals surface area contributed by atoms with E-state index in [2.05, 4.69) is 5.32 Å². The molecule has 1 amide bonds. The lowest BCUT2D eigenvalue weighted by molar-refractivity contribution is 0.199. The summed E-state index contributed by atoms with van der Waals surface area (Å²) in [7, 11) is 0. The third kappa shape index (κ3) is 5.23.